The van der Waals surface area contributed by atoms with Crippen molar-refractivity contribution in [2.75, 3.05) is 9.80 Å². The molecule has 0 saturated heterocycles. The van der Waals surface area contributed by atoms with Gasteiger partial charge in [0, 0.05) is 40.6 Å². The second kappa shape index (κ2) is 13.5. The number of nitrogens with zero attached hydrogens (tertiary/aromatic N) is 4. The first-order valence-electron chi connectivity index (χ1n) is 19.7. The molecule has 0 bridgehead atoms. The van der Waals surface area contributed by atoms with Crippen molar-refractivity contribution in [3.05, 3.63) is 218 Å². The summed E-state index contributed by atoms with van der Waals surface area (Å²) in [5.41, 5.74) is 17.1. The SMILES string of the molecule is c1ccc(N(c2ccc(-c3ccc4c(c3)C3(CC3)c3cccc5c(-c6ccc(N(c7ccccc7)c7cccnc7)cc6)ccc-4c35)cc2)c2cccnc2)cc1. The fraction of sp³-hybridized carbons (Fsp3) is 0.0566. The van der Waals surface area contributed by atoms with E-state index in [-0.39, 0.29) is 5.41 Å². The topological polar surface area (TPSA) is 32.3 Å². The van der Waals surface area contributed by atoms with E-state index in [9.17, 15) is 0 Å². The lowest BCUT2D eigenvalue weighted by atomic mass is 9.73. The second-order valence-corrected chi connectivity index (χ2v) is 15.1. The zero-order valence-electron chi connectivity index (χ0n) is 31.3. The van der Waals surface area contributed by atoms with Crippen molar-refractivity contribution in [1.29, 1.82) is 0 Å². The fourth-order valence-electron chi connectivity index (χ4n) is 9.06. The average Bonchev–Trinajstić information content (AvgIpc) is 4.09. The van der Waals surface area contributed by atoms with Crippen molar-refractivity contribution in [2.45, 2.75) is 18.3 Å². The van der Waals surface area contributed by atoms with E-state index in [0.717, 1.165) is 34.1 Å². The van der Waals surface area contributed by atoms with Gasteiger partial charge in [-0.1, -0.05) is 103 Å². The van der Waals surface area contributed by atoms with Crippen molar-refractivity contribution in [1.82, 2.24) is 9.97 Å². The van der Waals surface area contributed by atoms with Gasteiger partial charge in [0.15, 0.2) is 0 Å². The third-order valence-electron chi connectivity index (χ3n) is 11.9. The van der Waals surface area contributed by atoms with E-state index < -0.39 is 0 Å². The molecule has 0 aliphatic heterocycles. The molecule has 0 amide bonds. The molecule has 7 aromatic carbocycles. The molecule has 11 rings (SSSR count). The van der Waals surface area contributed by atoms with E-state index in [1.54, 1.807) is 0 Å². The number of rotatable bonds is 8. The molecular weight excluding hydrogens is 693 g/mol. The quantitative estimate of drug-likeness (QED) is 0.156. The van der Waals surface area contributed by atoms with Crippen LogP contribution in [0.25, 0.3) is 44.2 Å². The molecule has 0 radical (unpaired) electrons. The van der Waals surface area contributed by atoms with Crippen LogP contribution in [0.4, 0.5) is 34.1 Å². The van der Waals surface area contributed by atoms with Gasteiger partial charge in [0.25, 0.3) is 0 Å². The van der Waals surface area contributed by atoms with Gasteiger partial charge in [-0.25, -0.2) is 0 Å². The van der Waals surface area contributed by atoms with Crippen LogP contribution >= 0.6 is 0 Å². The summed E-state index contributed by atoms with van der Waals surface area (Å²) in [6, 6.07) is 66.0. The van der Waals surface area contributed by atoms with E-state index in [1.165, 1.54) is 68.1 Å². The van der Waals surface area contributed by atoms with Gasteiger partial charge < -0.3 is 9.80 Å². The Morgan fingerprint density at radius 2 is 0.877 bits per heavy atom. The molecule has 1 spiro atoms. The minimum atomic E-state index is 0.0462. The molecule has 2 aliphatic rings. The Hall–Kier alpha value is -7.30. The van der Waals surface area contributed by atoms with Gasteiger partial charge in [-0.2, -0.15) is 0 Å². The van der Waals surface area contributed by atoms with Crippen LogP contribution in [0.1, 0.15) is 24.0 Å². The summed E-state index contributed by atoms with van der Waals surface area (Å²) in [5.74, 6) is 0. The largest absolute Gasteiger partial charge is 0.309 e. The molecule has 57 heavy (non-hydrogen) atoms. The molecule has 4 nitrogen and oxygen atoms in total. The normalized spacial score (nSPS) is 13.3. The van der Waals surface area contributed by atoms with Crippen molar-refractivity contribution >= 4 is 44.9 Å². The highest BCUT2D eigenvalue weighted by atomic mass is 15.2. The molecule has 1 saturated carbocycles. The summed E-state index contributed by atoms with van der Waals surface area (Å²) in [6.45, 7) is 0. The van der Waals surface area contributed by atoms with Crippen LogP contribution < -0.4 is 9.80 Å². The number of benzene rings is 7. The Labute approximate surface area is 333 Å². The number of hydrogen-bond acceptors (Lipinski definition) is 4. The van der Waals surface area contributed by atoms with Gasteiger partial charge in [-0.15, -0.1) is 0 Å². The molecule has 0 N–H and O–H groups in total. The number of fused-ring (bicyclic) bond motifs is 4. The zero-order valence-corrected chi connectivity index (χ0v) is 31.3. The van der Waals surface area contributed by atoms with Gasteiger partial charge in [0.05, 0.1) is 23.8 Å². The highest BCUT2D eigenvalue weighted by Crippen LogP contribution is 2.62. The van der Waals surface area contributed by atoms with E-state index in [4.69, 9.17) is 0 Å². The number of aromatic nitrogens is 2. The van der Waals surface area contributed by atoms with Crippen LogP contribution in [-0.4, -0.2) is 9.97 Å². The number of hydrogen-bond donors (Lipinski definition) is 0. The first-order chi connectivity index (χ1) is 28.2. The van der Waals surface area contributed by atoms with Crippen LogP contribution in [-0.2, 0) is 5.41 Å². The van der Waals surface area contributed by atoms with Crippen molar-refractivity contribution in [2.24, 2.45) is 0 Å². The minimum absolute atomic E-state index is 0.0462. The summed E-state index contributed by atoms with van der Waals surface area (Å²) in [6.07, 6.45) is 9.81. The minimum Gasteiger partial charge on any atom is -0.309 e. The van der Waals surface area contributed by atoms with E-state index in [2.05, 4.69) is 190 Å². The van der Waals surface area contributed by atoms with Gasteiger partial charge in [0.2, 0.25) is 0 Å². The number of anilines is 6. The van der Waals surface area contributed by atoms with Crippen LogP contribution in [0, 0.1) is 0 Å². The maximum absolute atomic E-state index is 4.42. The molecular formula is C53H38N4. The Kier molecular flexibility index (Phi) is 7.82. The van der Waals surface area contributed by atoms with Crippen molar-refractivity contribution in [3.63, 3.8) is 0 Å². The average molecular weight is 731 g/mol. The van der Waals surface area contributed by atoms with Gasteiger partial charge in [0.1, 0.15) is 0 Å². The lowest BCUT2D eigenvalue weighted by molar-refractivity contribution is 0.854. The summed E-state index contributed by atoms with van der Waals surface area (Å²) < 4.78 is 0. The molecule has 2 heterocycles. The predicted octanol–water partition coefficient (Wildman–Crippen LogP) is 14.0. The van der Waals surface area contributed by atoms with Crippen LogP contribution in [0.15, 0.2) is 207 Å². The Bertz CT molecular complexity index is 2790. The maximum Gasteiger partial charge on any atom is 0.0644 e. The monoisotopic (exact) mass is 730 g/mol. The predicted molar refractivity (Wildman–Crippen MR) is 235 cm³/mol. The lowest BCUT2D eigenvalue weighted by Gasteiger charge is -2.30. The molecule has 4 heteroatoms. The molecule has 2 aromatic heterocycles. The van der Waals surface area contributed by atoms with E-state index >= 15 is 0 Å². The first kappa shape index (κ1) is 33.1. The van der Waals surface area contributed by atoms with Gasteiger partial charge >= 0.3 is 0 Å². The zero-order chi connectivity index (χ0) is 37.8. The van der Waals surface area contributed by atoms with E-state index in [1.807, 2.05) is 36.9 Å². The second-order valence-electron chi connectivity index (χ2n) is 15.1. The third kappa shape index (κ3) is 5.60. The first-order valence-corrected chi connectivity index (χ1v) is 19.7. The summed E-state index contributed by atoms with van der Waals surface area (Å²) in [5, 5.41) is 2.72. The Morgan fingerprint density at radius 1 is 0.368 bits per heavy atom. The number of para-hydroxylation sites is 2. The highest BCUT2D eigenvalue weighted by molar-refractivity contribution is 6.10. The van der Waals surface area contributed by atoms with Crippen LogP contribution in [0.5, 0.6) is 0 Å². The van der Waals surface area contributed by atoms with Crippen LogP contribution in [0.2, 0.25) is 0 Å². The molecule has 270 valence electrons. The third-order valence-corrected chi connectivity index (χ3v) is 11.9. The standard InChI is InChI=1S/C53H38N4/c1-3-10-40(11-4-1)56(44-14-8-32-54-35-44)42-23-18-37(19-24-42)39-22-27-47-49-29-28-46(48-16-7-17-50(52(48)49)53(30-31-53)51(47)34-39)38-20-25-43(26-21-38)57(41-12-5-2-6-13-41)45-15-9-33-55-36-45/h1-29,32-36H,30-31H2. The molecule has 1 fully saturated rings. The fourth-order valence-corrected chi connectivity index (χ4v) is 9.06. The van der Waals surface area contributed by atoms with E-state index in [0.29, 0.717) is 0 Å². The Balaban J connectivity index is 0.951. The maximum atomic E-state index is 4.42. The molecule has 2 aliphatic carbocycles. The van der Waals surface area contributed by atoms with Crippen molar-refractivity contribution < 1.29 is 0 Å². The summed E-state index contributed by atoms with van der Waals surface area (Å²) in [4.78, 5) is 13.3. The summed E-state index contributed by atoms with van der Waals surface area (Å²) >= 11 is 0. The van der Waals surface area contributed by atoms with Gasteiger partial charge in [-0.05, 0) is 147 Å². The highest BCUT2D eigenvalue weighted by Gasteiger charge is 2.50. The van der Waals surface area contributed by atoms with Crippen LogP contribution in [0.3, 0.4) is 0 Å². The Morgan fingerprint density at radius 3 is 1.44 bits per heavy atom. The van der Waals surface area contributed by atoms with Gasteiger partial charge in [-0.3, -0.25) is 9.97 Å². The molecule has 9 aromatic rings. The molecule has 0 unspecified atom stereocenters. The lowest BCUT2D eigenvalue weighted by Crippen LogP contribution is -2.15. The smallest absolute Gasteiger partial charge is 0.0644 e. The molecule has 0 atom stereocenters. The number of pyridine rings is 2. The summed E-state index contributed by atoms with van der Waals surface area (Å²) in [7, 11) is 0. The van der Waals surface area contributed by atoms with Crippen molar-refractivity contribution in [3.8, 4) is 33.4 Å².